The van der Waals surface area contributed by atoms with Crippen LogP contribution in [0.15, 0.2) is 12.2 Å². The molecule has 0 aromatic rings. The molecule has 60 heavy (non-hydrogen) atoms. The number of rotatable bonds is 22. The van der Waals surface area contributed by atoms with E-state index in [9.17, 15) is 124 Å². The minimum atomic E-state index is -8.10. The number of alkyl halides is 26. The first-order chi connectivity index (χ1) is 25.9. The quantitative estimate of drug-likeness (QED) is 0.0654. The summed E-state index contributed by atoms with van der Waals surface area (Å²) in [5, 5.41) is 2.95. The van der Waals surface area contributed by atoms with Crippen molar-refractivity contribution in [2.45, 2.75) is 84.4 Å². The van der Waals surface area contributed by atoms with Crippen molar-refractivity contribution < 1.29 is 133 Å². The van der Waals surface area contributed by atoms with E-state index >= 15 is 0 Å². The SMILES string of the molecule is C[N+](C)(C/C=C/C[N+](C)(C)CC(=O)NCCC(F)(F)C(F)(F)C(F)(F)C(F)(F)C(F)(F)C(F)(F)F)CC(=O)NCCC(F)(F)C(F)(F)C(F)(F)C(F)(F)C(F)(F)C(F)(F)F. The largest absolute Gasteiger partial charge is 0.460 e. The molecule has 0 saturated carbocycles. The maximum Gasteiger partial charge on any atom is 0.460 e. The average molecular weight is 951 g/mol. The normalized spacial score (nSPS) is 15.8. The van der Waals surface area contributed by atoms with Crippen LogP contribution in [0.3, 0.4) is 0 Å². The van der Waals surface area contributed by atoms with Crippen LogP contribution in [0.5, 0.6) is 0 Å². The monoisotopic (exact) mass is 950 g/mol. The summed E-state index contributed by atoms with van der Waals surface area (Å²) in [5.41, 5.74) is 0. The summed E-state index contributed by atoms with van der Waals surface area (Å²) in [6.45, 7) is -5.60. The summed E-state index contributed by atoms with van der Waals surface area (Å²) in [6, 6.07) is 0. The van der Waals surface area contributed by atoms with Gasteiger partial charge in [0.2, 0.25) is 0 Å². The minimum absolute atomic E-state index is 0.246. The first-order valence-corrected chi connectivity index (χ1v) is 15.6. The Labute approximate surface area is 320 Å². The lowest BCUT2D eigenvalue weighted by Crippen LogP contribution is -2.70. The Morgan fingerprint density at radius 2 is 0.600 bits per heavy atom. The molecule has 0 rings (SSSR count). The van der Waals surface area contributed by atoms with Crippen LogP contribution in [0.4, 0.5) is 114 Å². The standard InChI is InChI=1S/C28H30F26N4O2/c1-57(2,13-15(59)55-9-7-17(29,30)19(33,34)21(37,38)23(41,42)25(45,46)27(49,50)51)11-5-6-12-58(3,4)14-16(60)56-10-8-18(31,32)20(35,36)22(39,40)24(43,44)26(47,48)28(52,53)54/h5-6H,7-14H2,1-4H3/p+2/b6-5+. The van der Waals surface area contributed by atoms with Gasteiger partial charge in [0.15, 0.2) is 13.1 Å². The molecule has 0 atom stereocenters. The van der Waals surface area contributed by atoms with Crippen LogP contribution in [0.1, 0.15) is 12.8 Å². The fourth-order valence-electron chi connectivity index (χ4n) is 4.37. The van der Waals surface area contributed by atoms with Gasteiger partial charge in [-0.15, -0.1) is 0 Å². The molecular formula is C28H32F26N4O2+2. The van der Waals surface area contributed by atoms with Crippen LogP contribution in [-0.4, -0.2) is 160 Å². The smallest absolute Gasteiger partial charge is 0.351 e. The number of nitrogens with one attached hydrogen (secondary N) is 2. The van der Waals surface area contributed by atoms with Crippen LogP contribution in [-0.2, 0) is 9.59 Å². The van der Waals surface area contributed by atoms with E-state index < -0.39 is 131 Å². The van der Waals surface area contributed by atoms with Crippen molar-refractivity contribution in [3.05, 3.63) is 12.2 Å². The molecule has 356 valence electrons. The molecule has 0 aliphatic carbocycles. The number of likely N-dealkylation sites (N-methyl/N-ethyl adjacent to an activating group) is 2. The zero-order chi connectivity index (χ0) is 48.6. The molecule has 32 heteroatoms. The Morgan fingerprint density at radius 3 is 0.817 bits per heavy atom. The number of halogens is 26. The van der Waals surface area contributed by atoms with Crippen LogP contribution < -0.4 is 10.6 Å². The van der Waals surface area contributed by atoms with Crippen molar-refractivity contribution in [1.29, 1.82) is 0 Å². The molecule has 0 fully saturated rings. The van der Waals surface area contributed by atoms with Crippen molar-refractivity contribution in [2.75, 3.05) is 67.5 Å². The molecular weight excluding hydrogens is 918 g/mol. The van der Waals surface area contributed by atoms with E-state index in [0.29, 0.717) is 0 Å². The van der Waals surface area contributed by atoms with Gasteiger partial charge < -0.3 is 19.6 Å². The van der Waals surface area contributed by atoms with Crippen LogP contribution in [0.2, 0.25) is 0 Å². The van der Waals surface area contributed by atoms with Gasteiger partial charge in [-0.2, -0.15) is 114 Å². The van der Waals surface area contributed by atoms with Crippen LogP contribution in [0, 0.1) is 0 Å². The third kappa shape index (κ3) is 11.0. The molecule has 0 bridgehead atoms. The van der Waals surface area contributed by atoms with E-state index in [1.54, 1.807) is 0 Å². The molecule has 0 aromatic carbocycles. The number of hydrogen-bond acceptors (Lipinski definition) is 2. The molecule has 0 aliphatic rings. The number of hydrogen-bond donors (Lipinski definition) is 2. The minimum Gasteiger partial charge on any atom is -0.351 e. The lowest BCUT2D eigenvalue weighted by Gasteiger charge is -2.39. The summed E-state index contributed by atoms with van der Waals surface area (Å²) in [6.07, 6.45) is -18.1. The van der Waals surface area contributed by atoms with E-state index in [1.807, 2.05) is 0 Å². The fraction of sp³-hybridized carbons (Fsp3) is 0.857. The number of carbonyl (C=O) groups excluding carboxylic acids is 2. The highest BCUT2D eigenvalue weighted by molar-refractivity contribution is 5.77. The predicted octanol–water partition coefficient (Wildman–Crippen LogP) is 8.19. The zero-order valence-corrected chi connectivity index (χ0v) is 30.3. The van der Waals surface area contributed by atoms with Crippen LogP contribution >= 0.6 is 0 Å². The Balaban J connectivity index is 5.33. The lowest BCUT2D eigenvalue weighted by atomic mass is 9.92. The topological polar surface area (TPSA) is 58.2 Å². The highest BCUT2D eigenvalue weighted by atomic mass is 19.4. The van der Waals surface area contributed by atoms with Crippen molar-refractivity contribution in [3.63, 3.8) is 0 Å². The number of amides is 2. The van der Waals surface area contributed by atoms with E-state index in [1.165, 1.54) is 51.0 Å². The number of nitrogens with zero attached hydrogens (tertiary/aromatic N) is 2. The first-order valence-electron chi connectivity index (χ1n) is 15.6. The molecule has 0 aromatic heterocycles. The molecule has 2 N–H and O–H groups in total. The Morgan fingerprint density at radius 1 is 0.383 bits per heavy atom. The lowest BCUT2D eigenvalue weighted by molar-refractivity contribution is -0.878. The Bertz CT molecular complexity index is 1410. The van der Waals surface area contributed by atoms with Crippen LogP contribution in [0.25, 0.3) is 0 Å². The maximum atomic E-state index is 13.9. The van der Waals surface area contributed by atoms with Gasteiger partial charge in [-0.3, -0.25) is 9.59 Å². The fourth-order valence-corrected chi connectivity index (χ4v) is 4.37. The number of quaternary nitrogens is 2. The molecule has 0 unspecified atom stereocenters. The summed E-state index contributed by atoms with van der Waals surface area (Å²) in [7, 11) is 4.84. The zero-order valence-electron chi connectivity index (χ0n) is 30.3. The van der Waals surface area contributed by atoms with Crippen molar-refractivity contribution in [2.24, 2.45) is 0 Å². The first kappa shape index (κ1) is 56.8. The molecule has 6 nitrogen and oxygen atoms in total. The van der Waals surface area contributed by atoms with Gasteiger partial charge >= 0.3 is 71.6 Å². The van der Waals surface area contributed by atoms with E-state index in [2.05, 4.69) is 0 Å². The molecule has 2 amide bonds. The number of carbonyl (C=O) groups is 2. The summed E-state index contributed by atoms with van der Waals surface area (Å²) < 4.78 is 343. The summed E-state index contributed by atoms with van der Waals surface area (Å²) in [5.74, 6) is -78.7. The molecule has 0 heterocycles. The van der Waals surface area contributed by atoms with Gasteiger partial charge in [0, 0.05) is 25.9 Å². The van der Waals surface area contributed by atoms with E-state index in [4.69, 9.17) is 0 Å². The van der Waals surface area contributed by atoms with Gasteiger partial charge in [-0.05, 0) is 12.2 Å². The van der Waals surface area contributed by atoms with E-state index in [-0.39, 0.29) is 13.1 Å². The average Bonchev–Trinajstić information content (AvgIpc) is 3.00. The molecule has 0 spiro atoms. The third-order valence-electron chi connectivity index (χ3n) is 8.03. The molecule has 0 saturated heterocycles. The van der Waals surface area contributed by atoms with Gasteiger partial charge in [0.05, 0.1) is 41.3 Å². The van der Waals surface area contributed by atoms with Gasteiger partial charge in [-0.25, -0.2) is 0 Å². The summed E-state index contributed by atoms with van der Waals surface area (Å²) in [4.78, 5) is 24.2. The highest BCUT2D eigenvalue weighted by Gasteiger charge is 2.92. The van der Waals surface area contributed by atoms with Gasteiger partial charge in [-0.1, -0.05) is 0 Å². The summed E-state index contributed by atoms with van der Waals surface area (Å²) >= 11 is 0. The van der Waals surface area contributed by atoms with Crippen molar-refractivity contribution in [3.8, 4) is 0 Å². The Hall–Kier alpha value is -3.22. The molecule has 0 aliphatic heterocycles. The van der Waals surface area contributed by atoms with E-state index in [0.717, 1.165) is 0 Å². The van der Waals surface area contributed by atoms with Crippen molar-refractivity contribution >= 4 is 11.8 Å². The highest BCUT2D eigenvalue weighted by Crippen LogP contribution is 2.62. The predicted molar refractivity (Wildman–Crippen MR) is 150 cm³/mol. The van der Waals surface area contributed by atoms with Crippen molar-refractivity contribution in [1.82, 2.24) is 10.6 Å². The molecule has 0 radical (unpaired) electrons. The van der Waals surface area contributed by atoms with Gasteiger partial charge in [0.1, 0.15) is 0 Å². The second-order valence-corrected chi connectivity index (χ2v) is 14.2. The third-order valence-corrected chi connectivity index (χ3v) is 8.03. The maximum absolute atomic E-state index is 13.9. The Kier molecular flexibility index (Phi) is 16.2. The second kappa shape index (κ2) is 17.2. The van der Waals surface area contributed by atoms with Gasteiger partial charge in [0.25, 0.3) is 11.8 Å². The second-order valence-electron chi connectivity index (χ2n) is 14.2.